The van der Waals surface area contributed by atoms with Crippen LogP contribution in [0.2, 0.25) is 0 Å². The molecule has 1 fully saturated rings. The van der Waals surface area contributed by atoms with Crippen molar-refractivity contribution in [3.05, 3.63) is 34.1 Å². The third kappa shape index (κ3) is 3.57. The third-order valence-corrected chi connectivity index (χ3v) is 3.53. The summed E-state index contributed by atoms with van der Waals surface area (Å²) in [5.74, 6) is -2.87. The molecule has 0 aromatic heterocycles. The number of benzene rings is 1. The number of carbonyl (C=O) groups is 3. The lowest BCUT2D eigenvalue weighted by Gasteiger charge is -2.34. The number of nitrogens with zero attached hydrogens (tertiary/aromatic N) is 1. The fourth-order valence-corrected chi connectivity index (χ4v) is 2.63. The van der Waals surface area contributed by atoms with Crippen LogP contribution in [0.1, 0.15) is 16.8 Å². The number of carboxylic acid groups (broad SMARTS) is 1. The van der Waals surface area contributed by atoms with E-state index in [0.29, 0.717) is 4.47 Å². The summed E-state index contributed by atoms with van der Waals surface area (Å²) in [5, 5.41) is 11.4. The van der Waals surface area contributed by atoms with E-state index in [1.807, 2.05) is 0 Å². The number of piperazine rings is 1. The van der Waals surface area contributed by atoms with Crippen molar-refractivity contribution in [2.24, 2.45) is 0 Å². The molecule has 0 radical (unpaired) electrons. The largest absolute Gasteiger partial charge is 0.481 e. The molecule has 1 heterocycles. The number of amides is 2. The lowest BCUT2D eigenvalue weighted by molar-refractivity contribution is -0.142. The quantitative estimate of drug-likeness (QED) is 0.843. The minimum absolute atomic E-state index is 0.0620. The van der Waals surface area contributed by atoms with Gasteiger partial charge in [-0.2, -0.15) is 0 Å². The number of nitrogens with one attached hydrogen (secondary N) is 1. The Balaban J connectivity index is 2.30. The van der Waals surface area contributed by atoms with E-state index < -0.39 is 36.1 Å². The van der Waals surface area contributed by atoms with Gasteiger partial charge in [-0.05, 0) is 18.2 Å². The van der Waals surface area contributed by atoms with E-state index >= 15 is 0 Å². The van der Waals surface area contributed by atoms with Gasteiger partial charge in [0, 0.05) is 23.1 Å². The van der Waals surface area contributed by atoms with E-state index in [1.54, 1.807) is 0 Å². The average Bonchev–Trinajstić information content (AvgIpc) is 2.38. The maximum Gasteiger partial charge on any atom is 0.305 e. The molecular weight excluding hydrogens is 347 g/mol. The Hall–Kier alpha value is -1.96. The van der Waals surface area contributed by atoms with Crippen molar-refractivity contribution in [1.29, 1.82) is 0 Å². The topological polar surface area (TPSA) is 86.7 Å². The summed E-state index contributed by atoms with van der Waals surface area (Å²) in [5.41, 5.74) is 0.0620. The van der Waals surface area contributed by atoms with Crippen LogP contribution in [0, 0.1) is 5.82 Å². The Bertz CT molecular complexity index is 588. The van der Waals surface area contributed by atoms with Crippen molar-refractivity contribution in [2.75, 3.05) is 13.1 Å². The van der Waals surface area contributed by atoms with Crippen molar-refractivity contribution in [3.8, 4) is 0 Å². The van der Waals surface area contributed by atoms with Crippen LogP contribution in [-0.2, 0) is 9.59 Å². The molecule has 21 heavy (non-hydrogen) atoms. The van der Waals surface area contributed by atoms with Gasteiger partial charge in [-0.15, -0.1) is 0 Å². The smallest absolute Gasteiger partial charge is 0.305 e. The van der Waals surface area contributed by atoms with Crippen LogP contribution < -0.4 is 5.32 Å². The second-order valence-corrected chi connectivity index (χ2v) is 5.48. The Morgan fingerprint density at radius 3 is 2.76 bits per heavy atom. The molecule has 0 aliphatic carbocycles. The molecule has 1 saturated heterocycles. The lowest BCUT2D eigenvalue weighted by Crippen LogP contribution is -2.57. The molecule has 1 atom stereocenters. The molecule has 1 aromatic carbocycles. The number of hydrogen-bond acceptors (Lipinski definition) is 3. The normalized spacial score (nSPS) is 18.3. The first kappa shape index (κ1) is 15.4. The van der Waals surface area contributed by atoms with Crippen LogP contribution in [0.4, 0.5) is 4.39 Å². The predicted molar refractivity (Wildman–Crippen MR) is 74.2 cm³/mol. The minimum Gasteiger partial charge on any atom is -0.481 e. The Kier molecular flexibility index (Phi) is 4.56. The van der Waals surface area contributed by atoms with Crippen molar-refractivity contribution < 1.29 is 23.9 Å². The van der Waals surface area contributed by atoms with E-state index in [1.165, 1.54) is 12.1 Å². The van der Waals surface area contributed by atoms with Gasteiger partial charge in [0.25, 0.3) is 5.91 Å². The van der Waals surface area contributed by atoms with Gasteiger partial charge in [-0.25, -0.2) is 4.39 Å². The van der Waals surface area contributed by atoms with E-state index in [-0.39, 0.29) is 18.7 Å². The Morgan fingerprint density at radius 1 is 1.43 bits per heavy atom. The Morgan fingerprint density at radius 2 is 2.14 bits per heavy atom. The molecule has 1 aliphatic rings. The van der Waals surface area contributed by atoms with Crippen LogP contribution in [0.5, 0.6) is 0 Å². The second kappa shape index (κ2) is 6.21. The minimum atomic E-state index is -1.18. The zero-order valence-corrected chi connectivity index (χ0v) is 12.4. The number of carboxylic acids is 1. The first-order valence-corrected chi connectivity index (χ1v) is 6.94. The molecule has 2 rings (SSSR count). The molecule has 6 nitrogen and oxygen atoms in total. The molecule has 1 aliphatic heterocycles. The highest BCUT2D eigenvalue weighted by molar-refractivity contribution is 9.10. The molecule has 8 heteroatoms. The number of rotatable bonds is 3. The van der Waals surface area contributed by atoms with Gasteiger partial charge in [0.15, 0.2) is 0 Å². The molecule has 0 spiro atoms. The maximum atomic E-state index is 13.4. The van der Waals surface area contributed by atoms with E-state index in [9.17, 15) is 18.8 Å². The van der Waals surface area contributed by atoms with Gasteiger partial charge in [0.1, 0.15) is 11.9 Å². The molecule has 1 unspecified atom stereocenters. The van der Waals surface area contributed by atoms with Crippen molar-refractivity contribution >= 4 is 33.7 Å². The van der Waals surface area contributed by atoms with Gasteiger partial charge >= 0.3 is 5.97 Å². The van der Waals surface area contributed by atoms with Crippen LogP contribution in [0.15, 0.2) is 22.7 Å². The van der Waals surface area contributed by atoms with E-state index in [0.717, 1.165) is 11.0 Å². The molecule has 0 bridgehead atoms. The zero-order chi connectivity index (χ0) is 15.6. The van der Waals surface area contributed by atoms with Crippen molar-refractivity contribution in [1.82, 2.24) is 10.2 Å². The van der Waals surface area contributed by atoms with Crippen molar-refractivity contribution in [2.45, 2.75) is 12.5 Å². The number of carbonyl (C=O) groups excluding carboxylic acids is 2. The van der Waals surface area contributed by atoms with Crippen LogP contribution >= 0.6 is 15.9 Å². The average molecular weight is 359 g/mol. The van der Waals surface area contributed by atoms with Gasteiger partial charge < -0.3 is 15.3 Å². The van der Waals surface area contributed by atoms with Gasteiger partial charge in [-0.1, -0.05) is 15.9 Å². The highest BCUT2D eigenvalue weighted by Gasteiger charge is 2.35. The first-order valence-electron chi connectivity index (χ1n) is 6.15. The van der Waals surface area contributed by atoms with E-state index in [2.05, 4.69) is 21.2 Å². The summed E-state index contributed by atoms with van der Waals surface area (Å²) in [6, 6.07) is 2.59. The second-order valence-electron chi connectivity index (χ2n) is 4.56. The number of aliphatic carboxylic acids is 1. The summed E-state index contributed by atoms with van der Waals surface area (Å²) in [4.78, 5) is 36.2. The molecule has 2 amide bonds. The number of hydrogen-bond donors (Lipinski definition) is 2. The zero-order valence-electron chi connectivity index (χ0n) is 10.8. The lowest BCUT2D eigenvalue weighted by atomic mass is 10.1. The summed E-state index contributed by atoms with van der Waals surface area (Å²) in [6.45, 7) is 0.411. The standard InChI is InChI=1S/C13H12BrFN2O4/c14-8-3-7(4-9(15)5-8)13(21)17-2-1-16-12(20)10(17)6-11(18)19/h3-5,10H,1-2,6H2,(H,16,20)(H,18,19). The fourth-order valence-electron chi connectivity index (χ4n) is 2.17. The van der Waals surface area contributed by atoms with Gasteiger partial charge in [0.05, 0.1) is 6.42 Å². The highest BCUT2D eigenvalue weighted by Crippen LogP contribution is 2.19. The molecule has 2 N–H and O–H groups in total. The summed E-state index contributed by atoms with van der Waals surface area (Å²) >= 11 is 3.09. The maximum absolute atomic E-state index is 13.4. The molecule has 112 valence electrons. The molecule has 1 aromatic rings. The molecule has 0 saturated carbocycles. The van der Waals surface area contributed by atoms with E-state index in [4.69, 9.17) is 5.11 Å². The van der Waals surface area contributed by atoms with Gasteiger partial charge in [-0.3, -0.25) is 14.4 Å². The monoisotopic (exact) mass is 358 g/mol. The SMILES string of the molecule is O=C(O)CC1C(=O)NCCN1C(=O)c1cc(F)cc(Br)c1. The fraction of sp³-hybridized carbons (Fsp3) is 0.308. The van der Waals surface area contributed by atoms with Crippen LogP contribution in [-0.4, -0.2) is 46.9 Å². The summed E-state index contributed by atoms with van der Waals surface area (Å²) in [7, 11) is 0. The van der Waals surface area contributed by atoms with Crippen LogP contribution in [0.3, 0.4) is 0 Å². The highest BCUT2D eigenvalue weighted by atomic mass is 79.9. The molecular formula is C13H12BrFN2O4. The van der Waals surface area contributed by atoms with Crippen molar-refractivity contribution in [3.63, 3.8) is 0 Å². The van der Waals surface area contributed by atoms with Crippen LogP contribution in [0.25, 0.3) is 0 Å². The predicted octanol–water partition coefficient (Wildman–Crippen LogP) is 1.00. The number of halogens is 2. The Labute approximate surface area is 128 Å². The summed E-state index contributed by atoms with van der Waals surface area (Å²) in [6.07, 6.45) is -0.492. The third-order valence-electron chi connectivity index (χ3n) is 3.07. The van der Waals surface area contributed by atoms with Gasteiger partial charge in [0.2, 0.25) is 5.91 Å². The first-order chi connectivity index (χ1) is 9.88. The summed E-state index contributed by atoms with van der Waals surface area (Å²) < 4.78 is 13.8.